The zero-order valence-electron chi connectivity index (χ0n) is 12.5. The normalized spacial score (nSPS) is 13.8. The molecule has 6 nitrogen and oxygen atoms in total. The number of para-hydroxylation sites is 1. The Morgan fingerprint density at radius 3 is 2.79 bits per heavy atom. The van der Waals surface area contributed by atoms with Crippen LogP contribution in [0, 0.1) is 11.6 Å². The summed E-state index contributed by atoms with van der Waals surface area (Å²) >= 11 is 0. The first kappa shape index (κ1) is 14.6. The Labute approximate surface area is 135 Å². The van der Waals surface area contributed by atoms with Crippen molar-refractivity contribution >= 4 is 5.91 Å². The van der Waals surface area contributed by atoms with Crippen molar-refractivity contribution in [3.8, 4) is 5.69 Å². The van der Waals surface area contributed by atoms with Gasteiger partial charge in [0.15, 0.2) is 17.3 Å². The lowest BCUT2D eigenvalue weighted by molar-refractivity contribution is 0.0727. The van der Waals surface area contributed by atoms with Gasteiger partial charge in [-0.2, -0.15) is 10.2 Å². The van der Waals surface area contributed by atoms with Crippen LogP contribution in [-0.2, 0) is 13.0 Å². The Balaban J connectivity index is 1.60. The second-order valence-electron chi connectivity index (χ2n) is 5.57. The van der Waals surface area contributed by atoms with Crippen molar-refractivity contribution in [2.75, 3.05) is 6.54 Å². The number of hydrogen-bond donors (Lipinski definition) is 1. The maximum absolute atomic E-state index is 13.8. The summed E-state index contributed by atoms with van der Waals surface area (Å²) in [5.74, 6) is -1.76. The van der Waals surface area contributed by atoms with Gasteiger partial charge in [-0.25, -0.2) is 13.5 Å². The number of benzene rings is 1. The third kappa shape index (κ3) is 2.36. The van der Waals surface area contributed by atoms with E-state index in [2.05, 4.69) is 15.3 Å². The molecule has 0 bridgehead atoms. The van der Waals surface area contributed by atoms with E-state index in [-0.39, 0.29) is 17.3 Å². The minimum Gasteiger partial charge on any atom is -0.332 e. The molecular formula is C16H13F2N5O. The molecule has 3 aromatic rings. The predicted octanol–water partition coefficient (Wildman–Crippen LogP) is 2.07. The van der Waals surface area contributed by atoms with E-state index in [1.807, 2.05) is 0 Å². The number of aromatic amines is 1. The molecule has 4 rings (SSSR count). The first-order chi connectivity index (χ1) is 11.6. The van der Waals surface area contributed by atoms with E-state index in [0.29, 0.717) is 19.5 Å². The van der Waals surface area contributed by atoms with E-state index < -0.39 is 11.6 Å². The first-order valence-electron chi connectivity index (χ1n) is 7.44. The Morgan fingerprint density at radius 2 is 2.00 bits per heavy atom. The van der Waals surface area contributed by atoms with E-state index in [4.69, 9.17) is 0 Å². The van der Waals surface area contributed by atoms with Crippen LogP contribution in [0.5, 0.6) is 0 Å². The number of halogens is 2. The molecule has 1 aliphatic rings. The average molecular weight is 329 g/mol. The molecular weight excluding hydrogens is 316 g/mol. The molecule has 1 aliphatic heterocycles. The molecule has 1 aromatic carbocycles. The maximum atomic E-state index is 13.8. The van der Waals surface area contributed by atoms with Gasteiger partial charge in [0, 0.05) is 37.0 Å². The lowest BCUT2D eigenvalue weighted by Crippen LogP contribution is -2.36. The minimum atomic E-state index is -0.738. The van der Waals surface area contributed by atoms with Crippen molar-refractivity contribution in [3.63, 3.8) is 0 Å². The molecule has 0 saturated heterocycles. The second kappa shape index (κ2) is 5.55. The number of rotatable bonds is 2. The minimum absolute atomic E-state index is 0.143. The number of nitrogens with one attached hydrogen (secondary N) is 1. The monoisotopic (exact) mass is 329 g/mol. The SMILES string of the molecule is O=C(c1ccn(-c2c(F)cccc2F)n1)N1CCc2[nH]ncc2C1. The summed E-state index contributed by atoms with van der Waals surface area (Å²) in [6.07, 6.45) is 3.76. The quantitative estimate of drug-likeness (QED) is 0.783. The molecule has 0 atom stereocenters. The van der Waals surface area contributed by atoms with Crippen LogP contribution in [0.3, 0.4) is 0 Å². The van der Waals surface area contributed by atoms with E-state index in [1.54, 1.807) is 11.1 Å². The van der Waals surface area contributed by atoms with Gasteiger partial charge in [0.2, 0.25) is 0 Å². The van der Waals surface area contributed by atoms with Crippen molar-refractivity contribution < 1.29 is 13.6 Å². The highest BCUT2D eigenvalue weighted by Gasteiger charge is 2.25. The number of aromatic nitrogens is 4. The summed E-state index contributed by atoms with van der Waals surface area (Å²) in [7, 11) is 0. The third-order valence-electron chi connectivity index (χ3n) is 4.06. The van der Waals surface area contributed by atoms with Crippen molar-refractivity contribution in [2.45, 2.75) is 13.0 Å². The van der Waals surface area contributed by atoms with Gasteiger partial charge in [0.1, 0.15) is 5.69 Å². The third-order valence-corrected chi connectivity index (χ3v) is 4.06. The van der Waals surface area contributed by atoms with Crippen LogP contribution < -0.4 is 0 Å². The van der Waals surface area contributed by atoms with E-state index in [1.165, 1.54) is 18.3 Å². The molecule has 1 N–H and O–H groups in total. The largest absolute Gasteiger partial charge is 0.332 e. The predicted molar refractivity (Wildman–Crippen MR) is 80.5 cm³/mol. The highest BCUT2D eigenvalue weighted by Crippen LogP contribution is 2.20. The van der Waals surface area contributed by atoms with Crippen molar-refractivity contribution in [3.05, 3.63) is 65.2 Å². The average Bonchev–Trinajstić information content (AvgIpc) is 3.22. The summed E-state index contributed by atoms with van der Waals surface area (Å²) in [5.41, 5.74) is 1.84. The molecule has 1 amide bonds. The molecule has 2 aromatic heterocycles. The number of nitrogens with zero attached hydrogens (tertiary/aromatic N) is 4. The zero-order valence-corrected chi connectivity index (χ0v) is 12.5. The lowest BCUT2D eigenvalue weighted by Gasteiger charge is -2.25. The van der Waals surface area contributed by atoms with Crippen LogP contribution in [-0.4, -0.2) is 37.3 Å². The first-order valence-corrected chi connectivity index (χ1v) is 7.44. The van der Waals surface area contributed by atoms with Gasteiger partial charge in [0.25, 0.3) is 5.91 Å². The highest BCUT2D eigenvalue weighted by atomic mass is 19.1. The van der Waals surface area contributed by atoms with Crippen molar-refractivity contribution in [2.24, 2.45) is 0 Å². The fourth-order valence-electron chi connectivity index (χ4n) is 2.83. The molecule has 0 spiro atoms. The van der Waals surface area contributed by atoms with Crippen molar-refractivity contribution in [1.29, 1.82) is 0 Å². The van der Waals surface area contributed by atoms with Gasteiger partial charge < -0.3 is 4.90 Å². The molecule has 0 radical (unpaired) electrons. The molecule has 0 saturated carbocycles. The van der Waals surface area contributed by atoms with Gasteiger partial charge >= 0.3 is 0 Å². The fourth-order valence-corrected chi connectivity index (χ4v) is 2.83. The summed E-state index contributed by atoms with van der Waals surface area (Å²) in [6.45, 7) is 0.973. The molecule has 3 heterocycles. The number of amides is 1. The van der Waals surface area contributed by atoms with Crippen LogP contribution in [0.25, 0.3) is 5.69 Å². The number of H-pyrrole nitrogens is 1. The summed E-state index contributed by atoms with van der Waals surface area (Å²) in [4.78, 5) is 14.2. The Bertz CT molecular complexity index is 897. The standard InChI is InChI=1S/C16H13F2N5O/c17-11-2-1-3-12(18)15(11)23-7-5-14(21-23)16(24)22-6-4-13-10(9-22)8-19-20-13/h1-3,5,7-8H,4,6,9H2,(H,19,20). The zero-order chi connectivity index (χ0) is 16.7. The maximum Gasteiger partial charge on any atom is 0.274 e. The topological polar surface area (TPSA) is 66.8 Å². The molecule has 24 heavy (non-hydrogen) atoms. The van der Waals surface area contributed by atoms with Crippen LogP contribution >= 0.6 is 0 Å². The van der Waals surface area contributed by atoms with Gasteiger partial charge in [-0.15, -0.1) is 0 Å². The molecule has 122 valence electrons. The molecule has 0 fully saturated rings. The van der Waals surface area contributed by atoms with Gasteiger partial charge in [-0.05, 0) is 18.2 Å². The number of hydrogen-bond acceptors (Lipinski definition) is 3. The van der Waals surface area contributed by atoms with Crippen LogP contribution in [0.4, 0.5) is 8.78 Å². The van der Waals surface area contributed by atoms with Gasteiger partial charge in [0.05, 0.1) is 6.20 Å². The Hall–Kier alpha value is -3.03. The molecule has 0 unspecified atom stereocenters. The van der Waals surface area contributed by atoms with Gasteiger partial charge in [-0.3, -0.25) is 9.89 Å². The van der Waals surface area contributed by atoms with E-state index >= 15 is 0 Å². The Kier molecular flexibility index (Phi) is 3.37. The fraction of sp³-hybridized carbons (Fsp3) is 0.188. The van der Waals surface area contributed by atoms with Gasteiger partial charge in [-0.1, -0.05) is 6.07 Å². The summed E-state index contributed by atoms with van der Waals surface area (Å²) in [6, 6.07) is 5.03. The number of fused-ring (bicyclic) bond motifs is 1. The number of carbonyl (C=O) groups excluding carboxylic acids is 1. The van der Waals surface area contributed by atoms with Crippen LogP contribution in [0.2, 0.25) is 0 Å². The van der Waals surface area contributed by atoms with Crippen LogP contribution in [0.1, 0.15) is 21.7 Å². The summed E-state index contributed by atoms with van der Waals surface area (Å²) in [5, 5.41) is 10.9. The van der Waals surface area contributed by atoms with E-state index in [9.17, 15) is 13.6 Å². The summed E-state index contributed by atoms with van der Waals surface area (Å²) < 4.78 is 28.7. The molecule has 8 heteroatoms. The smallest absolute Gasteiger partial charge is 0.274 e. The van der Waals surface area contributed by atoms with E-state index in [0.717, 1.165) is 28.1 Å². The highest BCUT2D eigenvalue weighted by molar-refractivity contribution is 5.92. The Morgan fingerprint density at radius 1 is 1.21 bits per heavy atom. The lowest BCUT2D eigenvalue weighted by atomic mass is 10.1. The number of carbonyl (C=O) groups is 1. The van der Waals surface area contributed by atoms with Crippen LogP contribution in [0.15, 0.2) is 36.7 Å². The molecule has 0 aliphatic carbocycles. The second-order valence-corrected chi connectivity index (χ2v) is 5.57. The van der Waals surface area contributed by atoms with Crippen molar-refractivity contribution in [1.82, 2.24) is 24.9 Å².